The first-order valence-electron chi connectivity index (χ1n) is 7.89. The van der Waals surface area contributed by atoms with E-state index in [0.29, 0.717) is 12.3 Å². The fourth-order valence-corrected chi connectivity index (χ4v) is 1.78. The Labute approximate surface area is 138 Å². The maximum Gasteiger partial charge on any atom is 0.411 e. The van der Waals surface area contributed by atoms with E-state index < -0.39 is 6.09 Å². The first-order chi connectivity index (χ1) is 10.8. The maximum atomic E-state index is 12.2. The SMILES string of the molecule is CCOC(=O)Nc1ccc(NC(C)C(=O)NC(C)(C)CC)cc1. The third-order valence-corrected chi connectivity index (χ3v) is 3.53. The predicted molar refractivity (Wildman–Crippen MR) is 92.7 cm³/mol. The van der Waals surface area contributed by atoms with Gasteiger partial charge in [-0.1, -0.05) is 6.92 Å². The molecular formula is C17H27N3O3. The monoisotopic (exact) mass is 321 g/mol. The number of carbonyl (C=O) groups is 2. The third-order valence-electron chi connectivity index (χ3n) is 3.53. The quantitative estimate of drug-likeness (QED) is 0.719. The molecule has 0 fully saturated rings. The van der Waals surface area contributed by atoms with E-state index >= 15 is 0 Å². The molecule has 0 heterocycles. The van der Waals surface area contributed by atoms with Crippen LogP contribution in [0.4, 0.5) is 16.2 Å². The van der Waals surface area contributed by atoms with Crippen LogP contribution in [0.3, 0.4) is 0 Å². The number of ether oxygens (including phenoxy) is 1. The number of carbonyl (C=O) groups excluding carboxylic acids is 2. The summed E-state index contributed by atoms with van der Waals surface area (Å²) in [6.45, 7) is 9.91. The van der Waals surface area contributed by atoms with Crippen LogP contribution in [0.15, 0.2) is 24.3 Å². The molecule has 23 heavy (non-hydrogen) atoms. The molecule has 1 unspecified atom stereocenters. The molecule has 1 aromatic rings. The first kappa shape index (κ1) is 18.8. The first-order valence-corrected chi connectivity index (χ1v) is 7.89. The zero-order valence-corrected chi connectivity index (χ0v) is 14.5. The van der Waals surface area contributed by atoms with Crippen LogP contribution in [-0.4, -0.2) is 30.2 Å². The molecule has 6 heteroatoms. The van der Waals surface area contributed by atoms with Crippen molar-refractivity contribution in [3.63, 3.8) is 0 Å². The van der Waals surface area contributed by atoms with Gasteiger partial charge >= 0.3 is 6.09 Å². The van der Waals surface area contributed by atoms with Crippen molar-refractivity contribution in [3.8, 4) is 0 Å². The fraction of sp³-hybridized carbons (Fsp3) is 0.529. The topological polar surface area (TPSA) is 79.5 Å². The second-order valence-corrected chi connectivity index (χ2v) is 6.02. The largest absolute Gasteiger partial charge is 0.450 e. The Kier molecular flexibility index (Phi) is 6.88. The van der Waals surface area contributed by atoms with Crippen molar-refractivity contribution in [2.75, 3.05) is 17.2 Å². The minimum absolute atomic E-state index is 0.0504. The average molecular weight is 321 g/mol. The Bertz CT molecular complexity index is 526. The van der Waals surface area contributed by atoms with Crippen molar-refractivity contribution in [3.05, 3.63) is 24.3 Å². The van der Waals surface area contributed by atoms with Gasteiger partial charge in [0.25, 0.3) is 0 Å². The number of hydrogen-bond acceptors (Lipinski definition) is 4. The van der Waals surface area contributed by atoms with Crippen molar-refractivity contribution < 1.29 is 14.3 Å². The van der Waals surface area contributed by atoms with Gasteiger partial charge in [-0.25, -0.2) is 4.79 Å². The zero-order valence-electron chi connectivity index (χ0n) is 14.5. The van der Waals surface area contributed by atoms with Crippen LogP contribution in [0.5, 0.6) is 0 Å². The standard InChI is InChI=1S/C17H27N3O3/c1-6-17(4,5)20-15(21)12(3)18-13-8-10-14(11-9-13)19-16(22)23-7-2/h8-12,18H,6-7H2,1-5H3,(H,19,22)(H,20,21). The molecule has 0 saturated carbocycles. The van der Waals surface area contributed by atoms with E-state index in [-0.39, 0.29) is 17.5 Å². The highest BCUT2D eigenvalue weighted by Crippen LogP contribution is 2.15. The number of hydrogen-bond donors (Lipinski definition) is 3. The number of anilines is 2. The minimum Gasteiger partial charge on any atom is -0.450 e. The highest BCUT2D eigenvalue weighted by atomic mass is 16.5. The smallest absolute Gasteiger partial charge is 0.411 e. The number of amides is 2. The van der Waals surface area contributed by atoms with Crippen LogP contribution in [0.2, 0.25) is 0 Å². The molecule has 2 amide bonds. The van der Waals surface area contributed by atoms with Crippen LogP contribution >= 0.6 is 0 Å². The molecular weight excluding hydrogens is 294 g/mol. The van der Waals surface area contributed by atoms with Crippen LogP contribution in [0.1, 0.15) is 41.0 Å². The summed E-state index contributed by atoms with van der Waals surface area (Å²) in [6, 6.07) is 6.75. The molecule has 3 N–H and O–H groups in total. The lowest BCUT2D eigenvalue weighted by atomic mass is 10.0. The molecule has 6 nitrogen and oxygen atoms in total. The van der Waals surface area contributed by atoms with E-state index in [4.69, 9.17) is 4.74 Å². The summed E-state index contributed by atoms with van der Waals surface area (Å²) in [4.78, 5) is 23.5. The molecule has 128 valence electrons. The van der Waals surface area contributed by atoms with Gasteiger partial charge < -0.3 is 15.4 Å². The lowest BCUT2D eigenvalue weighted by molar-refractivity contribution is -0.123. The van der Waals surface area contributed by atoms with Crippen molar-refractivity contribution in [2.45, 2.75) is 52.6 Å². The van der Waals surface area contributed by atoms with Crippen molar-refractivity contribution in [2.24, 2.45) is 0 Å². The van der Waals surface area contributed by atoms with Gasteiger partial charge in [-0.05, 0) is 58.4 Å². The lowest BCUT2D eigenvalue weighted by Gasteiger charge is -2.27. The summed E-state index contributed by atoms with van der Waals surface area (Å²) in [5.74, 6) is -0.0504. The maximum absolute atomic E-state index is 12.2. The van der Waals surface area contributed by atoms with Gasteiger partial charge in [-0.3, -0.25) is 10.1 Å². The van der Waals surface area contributed by atoms with Gasteiger partial charge in [0.05, 0.1) is 6.61 Å². The summed E-state index contributed by atoms with van der Waals surface area (Å²) in [5.41, 5.74) is 1.22. The van der Waals surface area contributed by atoms with Crippen LogP contribution < -0.4 is 16.0 Å². The molecule has 1 aromatic carbocycles. The Balaban J connectivity index is 2.57. The van der Waals surface area contributed by atoms with E-state index in [2.05, 4.69) is 16.0 Å². The highest BCUT2D eigenvalue weighted by Gasteiger charge is 2.21. The van der Waals surface area contributed by atoms with Crippen molar-refractivity contribution in [1.29, 1.82) is 0 Å². The average Bonchev–Trinajstić information content (AvgIpc) is 2.49. The summed E-state index contributed by atoms with van der Waals surface area (Å²) in [5, 5.41) is 8.76. The molecule has 1 rings (SSSR count). The molecule has 0 saturated heterocycles. The van der Waals surface area contributed by atoms with Crippen LogP contribution in [0, 0.1) is 0 Å². The van der Waals surface area contributed by atoms with Crippen LogP contribution in [-0.2, 0) is 9.53 Å². The second kappa shape index (κ2) is 8.41. The van der Waals surface area contributed by atoms with Gasteiger partial charge in [0.2, 0.25) is 5.91 Å². The second-order valence-electron chi connectivity index (χ2n) is 6.02. The Hall–Kier alpha value is -2.24. The zero-order chi connectivity index (χ0) is 17.5. The number of nitrogens with one attached hydrogen (secondary N) is 3. The molecule has 0 aliphatic rings. The van der Waals surface area contributed by atoms with Crippen LogP contribution in [0.25, 0.3) is 0 Å². The molecule has 0 aliphatic heterocycles. The summed E-state index contributed by atoms with van der Waals surface area (Å²) < 4.78 is 4.81. The van der Waals surface area contributed by atoms with Crippen molar-refractivity contribution >= 4 is 23.4 Å². The van der Waals surface area contributed by atoms with E-state index in [1.165, 1.54) is 0 Å². The molecule has 1 atom stereocenters. The molecule has 0 aromatic heterocycles. The minimum atomic E-state index is -0.484. The van der Waals surface area contributed by atoms with E-state index in [1.54, 1.807) is 31.2 Å². The van der Waals surface area contributed by atoms with Gasteiger partial charge in [-0.15, -0.1) is 0 Å². The normalized spacial score (nSPS) is 12.2. The van der Waals surface area contributed by atoms with E-state index in [1.807, 2.05) is 27.7 Å². The summed E-state index contributed by atoms with van der Waals surface area (Å²) >= 11 is 0. The molecule has 0 spiro atoms. The summed E-state index contributed by atoms with van der Waals surface area (Å²) in [6.07, 6.45) is 0.377. The Morgan fingerprint density at radius 3 is 2.22 bits per heavy atom. The van der Waals surface area contributed by atoms with Gasteiger partial charge in [0, 0.05) is 16.9 Å². The number of rotatable bonds is 7. The fourth-order valence-electron chi connectivity index (χ4n) is 1.78. The predicted octanol–water partition coefficient (Wildman–Crippen LogP) is 3.36. The Morgan fingerprint density at radius 1 is 1.13 bits per heavy atom. The molecule has 0 bridgehead atoms. The third kappa shape index (κ3) is 6.59. The Morgan fingerprint density at radius 2 is 1.70 bits per heavy atom. The summed E-state index contributed by atoms with van der Waals surface area (Å²) in [7, 11) is 0. The van der Waals surface area contributed by atoms with Crippen molar-refractivity contribution in [1.82, 2.24) is 5.32 Å². The van der Waals surface area contributed by atoms with Gasteiger partial charge in [0.1, 0.15) is 6.04 Å². The molecule has 0 radical (unpaired) electrons. The highest BCUT2D eigenvalue weighted by molar-refractivity contribution is 5.86. The van der Waals surface area contributed by atoms with Gasteiger partial charge in [-0.2, -0.15) is 0 Å². The molecule has 0 aliphatic carbocycles. The van der Waals surface area contributed by atoms with Gasteiger partial charge in [0.15, 0.2) is 0 Å². The van der Waals surface area contributed by atoms with E-state index in [9.17, 15) is 9.59 Å². The lowest BCUT2D eigenvalue weighted by Crippen LogP contribution is -2.48. The number of benzene rings is 1. The van der Waals surface area contributed by atoms with E-state index in [0.717, 1.165) is 12.1 Å².